The molecule has 0 unspecified atom stereocenters. The number of nitrogens with zero attached hydrogens (tertiary/aromatic N) is 1. The van der Waals surface area contributed by atoms with E-state index in [0.29, 0.717) is 24.4 Å². The molecule has 1 N–H and O–H groups in total. The molecule has 0 spiro atoms. The Hall–Kier alpha value is -1.86. The molecule has 0 saturated carbocycles. The number of benzene rings is 1. The van der Waals surface area contributed by atoms with Gasteiger partial charge in [-0.25, -0.2) is 13.2 Å². The number of ether oxygens (including phenoxy) is 1. The first-order chi connectivity index (χ1) is 9.86. The molecule has 0 aliphatic rings. The maximum atomic E-state index is 12.4. The largest absolute Gasteiger partial charge is 0.496 e. The molecule has 7 heteroatoms. The van der Waals surface area contributed by atoms with Gasteiger partial charge in [-0.15, -0.1) is 0 Å². The third-order valence-corrected chi connectivity index (χ3v) is 5.00. The summed E-state index contributed by atoms with van der Waals surface area (Å²) in [5, 5.41) is 8.68. The molecule has 0 aromatic heterocycles. The molecule has 0 atom stereocenters. The number of methoxy groups -OCH3 is 1. The average Bonchev–Trinajstić information content (AvgIpc) is 2.45. The van der Waals surface area contributed by atoms with Gasteiger partial charge < -0.3 is 9.84 Å². The zero-order valence-electron chi connectivity index (χ0n) is 12.2. The van der Waals surface area contributed by atoms with Gasteiger partial charge in [0.1, 0.15) is 5.75 Å². The van der Waals surface area contributed by atoms with E-state index in [9.17, 15) is 13.2 Å². The first-order valence-corrected chi connectivity index (χ1v) is 7.90. The molecular formula is C14H19NO5S. The van der Waals surface area contributed by atoms with Gasteiger partial charge >= 0.3 is 5.97 Å². The topological polar surface area (TPSA) is 83.9 Å². The Morgan fingerprint density at radius 2 is 1.95 bits per heavy atom. The fourth-order valence-corrected chi connectivity index (χ4v) is 3.37. The third-order valence-electron chi connectivity index (χ3n) is 2.95. The molecule has 116 valence electrons. The van der Waals surface area contributed by atoms with E-state index in [1.165, 1.54) is 35.7 Å². The van der Waals surface area contributed by atoms with Crippen LogP contribution in [-0.2, 0) is 14.8 Å². The predicted octanol–water partition coefficient (Wildman–Crippen LogP) is 1.82. The first-order valence-electron chi connectivity index (χ1n) is 6.46. The summed E-state index contributed by atoms with van der Waals surface area (Å²) in [4.78, 5) is 10.7. The van der Waals surface area contributed by atoms with Crippen molar-refractivity contribution in [1.29, 1.82) is 0 Å². The van der Waals surface area contributed by atoms with Crippen LogP contribution in [0.2, 0.25) is 0 Å². The van der Waals surface area contributed by atoms with Gasteiger partial charge in [-0.1, -0.05) is 13.8 Å². The van der Waals surface area contributed by atoms with Crippen molar-refractivity contribution in [3.8, 4) is 5.75 Å². The highest BCUT2D eigenvalue weighted by Gasteiger charge is 2.22. The number of hydrogen-bond acceptors (Lipinski definition) is 4. The molecule has 6 nitrogen and oxygen atoms in total. The van der Waals surface area contributed by atoms with Crippen LogP contribution < -0.4 is 4.74 Å². The van der Waals surface area contributed by atoms with Gasteiger partial charge in [-0.3, -0.25) is 0 Å². The number of aliphatic carboxylic acids is 1. The molecular weight excluding hydrogens is 294 g/mol. The molecule has 1 aromatic rings. The van der Waals surface area contributed by atoms with Crippen LogP contribution in [0.3, 0.4) is 0 Å². The van der Waals surface area contributed by atoms with Gasteiger partial charge in [0.2, 0.25) is 10.0 Å². The number of sulfonamides is 1. The van der Waals surface area contributed by atoms with Crippen LogP contribution in [-0.4, -0.2) is 44.0 Å². The maximum absolute atomic E-state index is 12.4. The van der Waals surface area contributed by atoms with Crippen molar-refractivity contribution in [3.05, 3.63) is 29.8 Å². The van der Waals surface area contributed by atoms with E-state index in [4.69, 9.17) is 9.84 Å². The molecule has 0 amide bonds. The fraction of sp³-hybridized carbons (Fsp3) is 0.357. The first kappa shape index (κ1) is 17.2. The lowest BCUT2D eigenvalue weighted by atomic mass is 10.2. The van der Waals surface area contributed by atoms with Gasteiger partial charge in [0.25, 0.3) is 0 Å². The van der Waals surface area contributed by atoms with Crippen molar-refractivity contribution >= 4 is 22.1 Å². The van der Waals surface area contributed by atoms with E-state index in [1.54, 1.807) is 13.8 Å². The normalized spacial score (nSPS) is 12.0. The summed E-state index contributed by atoms with van der Waals surface area (Å²) in [7, 11) is -2.15. The van der Waals surface area contributed by atoms with E-state index in [2.05, 4.69) is 0 Å². The molecule has 21 heavy (non-hydrogen) atoms. The van der Waals surface area contributed by atoms with Crippen LogP contribution in [0.25, 0.3) is 6.08 Å². The Morgan fingerprint density at radius 3 is 2.43 bits per heavy atom. The SMILES string of the molecule is CCN(CC)S(=O)(=O)c1ccc(OC)c(C=CC(=O)O)c1. The highest BCUT2D eigenvalue weighted by atomic mass is 32.2. The summed E-state index contributed by atoms with van der Waals surface area (Å²) in [6.45, 7) is 4.25. The summed E-state index contributed by atoms with van der Waals surface area (Å²) in [6, 6.07) is 4.37. The zero-order valence-corrected chi connectivity index (χ0v) is 13.1. The molecule has 0 heterocycles. The highest BCUT2D eigenvalue weighted by Crippen LogP contribution is 2.25. The van der Waals surface area contributed by atoms with Gasteiger partial charge in [0.15, 0.2) is 0 Å². The Morgan fingerprint density at radius 1 is 1.33 bits per heavy atom. The minimum absolute atomic E-state index is 0.108. The molecule has 0 aliphatic heterocycles. The minimum atomic E-state index is -3.59. The van der Waals surface area contributed by atoms with Crippen LogP contribution in [0, 0.1) is 0 Å². The number of carboxylic acid groups (broad SMARTS) is 1. The van der Waals surface area contributed by atoms with Crippen LogP contribution in [0.15, 0.2) is 29.2 Å². The average molecular weight is 313 g/mol. The molecule has 0 fully saturated rings. The second-order valence-electron chi connectivity index (χ2n) is 4.16. The summed E-state index contributed by atoms with van der Waals surface area (Å²) in [5.41, 5.74) is 0.396. The fourth-order valence-electron chi connectivity index (χ4n) is 1.88. The van der Waals surface area contributed by atoms with Crippen molar-refractivity contribution in [2.45, 2.75) is 18.7 Å². The van der Waals surface area contributed by atoms with Crippen molar-refractivity contribution < 1.29 is 23.1 Å². The lowest BCUT2D eigenvalue weighted by Crippen LogP contribution is -2.30. The number of hydrogen-bond donors (Lipinski definition) is 1. The lowest BCUT2D eigenvalue weighted by Gasteiger charge is -2.19. The summed E-state index contributed by atoms with van der Waals surface area (Å²) in [5.74, 6) is -0.708. The summed E-state index contributed by atoms with van der Waals surface area (Å²) >= 11 is 0. The van der Waals surface area contributed by atoms with Crippen LogP contribution >= 0.6 is 0 Å². The van der Waals surface area contributed by atoms with Crippen molar-refractivity contribution in [2.75, 3.05) is 20.2 Å². The van der Waals surface area contributed by atoms with Crippen LogP contribution in [0.5, 0.6) is 5.75 Å². The van der Waals surface area contributed by atoms with E-state index >= 15 is 0 Å². The molecule has 1 aromatic carbocycles. The van der Waals surface area contributed by atoms with Gasteiger partial charge in [0, 0.05) is 24.7 Å². The van der Waals surface area contributed by atoms with E-state index in [0.717, 1.165) is 6.08 Å². The summed E-state index contributed by atoms with van der Waals surface area (Å²) < 4.78 is 31.3. The molecule has 1 rings (SSSR count). The zero-order chi connectivity index (χ0) is 16.0. The molecule has 0 radical (unpaired) electrons. The number of carbonyl (C=O) groups is 1. The van der Waals surface area contributed by atoms with Crippen LogP contribution in [0.4, 0.5) is 0 Å². The lowest BCUT2D eigenvalue weighted by molar-refractivity contribution is -0.131. The molecule has 0 bridgehead atoms. The number of carboxylic acids is 1. The van der Waals surface area contributed by atoms with E-state index < -0.39 is 16.0 Å². The van der Waals surface area contributed by atoms with Crippen molar-refractivity contribution in [1.82, 2.24) is 4.31 Å². The Bertz CT molecular complexity index is 633. The standard InChI is InChI=1S/C14H19NO5S/c1-4-15(5-2)21(18,19)12-7-8-13(20-3)11(10-12)6-9-14(16)17/h6-10H,4-5H2,1-3H3,(H,16,17). The molecule has 0 saturated heterocycles. The van der Waals surface area contributed by atoms with Gasteiger partial charge in [0.05, 0.1) is 12.0 Å². The van der Waals surface area contributed by atoms with Crippen molar-refractivity contribution in [3.63, 3.8) is 0 Å². The summed E-state index contributed by atoms with van der Waals surface area (Å²) in [6.07, 6.45) is 2.24. The Labute approximate surface area is 124 Å². The number of rotatable bonds is 7. The van der Waals surface area contributed by atoms with Crippen LogP contribution in [0.1, 0.15) is 19.4 Å². The predicted molar refractivity (Wildman–Crippen MR) is 79.8 cm³/mol. The van der Waals surface area contributed by atoms with Gasteiger partial charge in [-0.05, 0) is 24.3 Å². The second-order valence-corrected chi connectivity index (χ2v) is 6.10. The van der Waals surface area contributed by atoms with Crippen molar-refractivity contribution in [2.24, 2.45) is 0 Å². The highest BCUT2D eigenvalue weighted by molar-refractivity contribution is 7.89. The maximum Gasteiger partial charge on any atom is 0.328 e. The van der Waals surface area contributed by atoms with E-state index in [1.807, 2.05) is 0 Å². The quantitative estimate of drug-likeness (QED) is 0.776. The Balaban J connectivity index is 3.34. The Kier molecular flexibility index (Phi) is 5.92. The molecule has 0 aliphatic carbocycles. The smallest absolute Gasteiger partial charge is 0.328 e. The second kappa shape index (κ2) is 7.24. The monoisotopic (exact) mass is 313 g/mol. The van der Waals surface area contributed by atoms with Gasteiger partial charge in [-0.2, -0.15) is 4.31 Å². The minimum Gasteiger partial charge on any atom is -0.496 e. The third kappa shape index (κ3) is 4.05. The van der Waals surface area contributed by atoms with E-state index in [-0.39, 0.29) is 4.90 Å².